The third-order valence-electron chi connectivity index (χ3n) is 4.40. The summed E-state index contributed by atoms with van der Waals surface area (Å²) in [5, 5.41) is 3.51. The molecule has 1 aromatic heterocycles. The monoisotopic (exact) mass is 308 g/mol. The summed E-state index contributed by atoms with van der Waals surface area (Å²) in [7, 11) is 1.88. The van der Waals surface area contributed by atoms with E-state index >= 15 is 0 Å². The molecule has 0 aliphatic carbocycles. The molecule has 118 valence electrons. The van der Waals surface area contributed by atoms with Crippen LogP contribution in [0.25, 0.3) is 0 Å². The van der Waals surface area contributed by atoms with Crippen molar-refractivity contribution in [2.24, 2.45) is 10.4 Å². The summed E-state index contributed by atoms with van der Waals surface area (Å²) in [6.07, 6.45) is 5.16. The van der Waals surface area contributed by atoms with Gasteiger partial charge in [0.15, 0.2) is 5.96 Å². The fourth-order valence-corrected chi connectivity index (χ4v) is 4.01. The number of aromatic nitrogens is 1. The largest absolute Gasteiger partial charge is 0.351 e. The summed E-state index contributed by atoms with van der Waals surface area (Å²) in [5.74, 6) is 1.03. The Morgan fingerprint density at radius 1 is 1.57 bits per heavy atom. The smallest absolute Gasteiger partial charge is 0.193 e. The van der Waals surface area contributed by atoms with Crippen LogP contribution < -0.4 is 5.32 Å². The highest BCUT2D eigenvalue weighted by Gasteiger charge is 2.31. The highest BCUT2D eigenvalue weighted by atomic mass is 32.1. The second kappa shape index (κ2) is 7.25. The minimum atomic E-state index is 0.436. The lowest BCUT2D eigenvalue weighted by Gasteiger charge is -2.42. The first kappa shape index (κ1) is 16.3. The summed E-state index contributed by atoms with van der Waals surface area (Å²) in [6, 6.07) is 0. The number of hydrogen-bond acceptors (Lipinski definition) is 3. The number of likely N-dealkylation sites (tertiary alicyclic amines) is 1. The van der Waals surface area contributed by atoms with Crippen molar-refractivity contribution in [3.63, 3.8) is 0 Å². The first-order valence-corrected chi connectivity index (χ1v) is 8.80. The standard InChI is InChI=1S/C16H28N4S/c1-5-7-16(3)8-6-9-20(11-16)15(17-4)18-10-14-13(2)19-12-21-14/h12H,5-11H2,1-4H3,(H,17,18). The molecule has 1 aromatic rings. The topological polar surface area (TPSA) is 40.5 Å². The average Bonchev–Trinajstić information content (AvgIpc) is 2.85. The minimum absolute atomic E-state index is 0.436. The Morgan fingerprint density at radius 3 is 3.00 bits per heavy atom. The molecule has 0 amide bonds. The zero-order valence-corrected chi connectivity index (χ0v) is 14.6. The molecule has 0 spiro atoms. The van der Waals surface area contributed by atoms with E-state index in [1.807, 2.05) is 12.6 Å². The molecule has 5 heteroatoms. The van der Waals surface area contributed by atoms with E-state index in [1.165, 1.54) is 30.6 Å². The van der Waals surface area contributed by atoms with Gasteiger partial charge in [0.05, 0.1) is 17.7 Å². The second-order valence-corrected chi connectivity index (χ2v) is 7.29. The van der Waals surface area contributed by atoms with Crippen molar-refractivity contribution >= 4 is 17.3 Å². The summed E-state index contributed by atoms with van der Waals surface area (Å²) < 4.78 is 0. The molecule has 0 radical (unpaired) electrons. The lowest BCUT2D eigenvalue weighted by atomic mass is 9.78. The van der Waals surface area contributed by atoms with Crippen molar-refractivity contribution < 1.29 is 0 Å². The number of rotatable bonds is 4. The van der Waals surface area contributed by atoms with Crippen LogP contribution in [0.4, 0.5) is 0 Å². The summed E-state index contributed by atoms with van der Waals surface area (Å²) >= 11 is 1.71. The Kier molecular flexibility index (Phi) is 5.62. The molecule has 0 saturated carbocycles. The predicted octanol–water partition coefficient (Wildman–Crippen LogP) is 3.43. The van der Waals surface area contributed by atoms with Gasteiger partial charge in [-0.1, -0.05) is 20.3 Å². The van der Waals surface area contributed by atoms with E-state index in [0.717, 1.165) is 31.3 Å². The Bertz CT molecular complexity index is 478. The van der Waals surface area contributed by atoms with Crippen molar-refractivity contribution in [1.29, 1.82) is 0 Å². The Morgan fingerprint density at radius 2 is 2.38 bits per heavy atom. The predicted molar refractivity (Wildman–Crippen MR) is 90.9 cm³/mol. The van der Waals surface area contributed by atoms with Crippen LogP contribution in [-0.4, -0.2) is 36.0 Å². The van der Waals surface area contributed by atoms with Gasteiger partial charge in [-0.15, -0.1) is 11.3 Å². The van der Waals surface area contributed by atoms with E-state index in [0.29, 0.717) is 5.41 Å². The maximum atomic E-state index is 4.48. The van der Waals surface area contributed by atoms with Gasteiger partial charge in [0.1, 0.15) is 0 Å². The Labute approximate surface area is 132 Å². The summed E-state index contributed by atoms with van der Waals surface area (Å²) in [4.78, 5) is 12.5. The average molecular weight is 308 g/mol. The molecule has 4 nitrogen and oxygen atoms in total. The second-order valence-electron chi connectivity index (χ2n) is 6.35. The van der Waals surface area contributed by atoms with Crippen LogP contribution in [0.15, 0.2) is 10.5 Å². The van der Waals surface area contributed by atoms with E-state index in [4.69, 9.17) is 0 Å². The molecule has 1 aliphatic heterocycles. The molecular weight excluding hydrogens is 280 g/mol. The molecule has 1 aliphatic rings. The van der Waals surface area contributed by atoms with Crippen LogP contribution in [0.2, 0.25) is 0 Å². The van der Waals surface area contributed by atoms with Crippen LogP contribution in [0.3, 0.4) is 0 Å². The molecule has 2 rings (SSSR count). The first-order chi connectivity index (χ1) is 10.1. The van der Waals surface area contributed by atoms with Gasteiger partial charge in [0.2, 0.25) is 0 Å². The van der Waals surface area contributed by atoms with Gasteiger partial charge in [-0.25, -0.2) is 4.98 Å². The van der Waals surface area contributed by atoms with E-state index in [9.17, 15) is 0 Å². The molecule has 1 N–H and O–H groups in total. The van der Waals surface area contributed by atoms with Crippen LogP contribution in [-0.2, 0) is 6.54 Å². The van der Waals surface area contributed by atoms with Gasteiger partial charge >= 0.3 is 0 Å². The molecule has 1 fully saturated rings. The molecule has 1 unspecified atom stereocenters. The van der Waals surface area contributed by atoms with Gasteiger partial charge in [-0.3, -0.25) is 4.99 Å². The molecule has 1 atom stereocenters. The maximum Gasteiger partial charge on any atom is 0.193 e. The van der Waals surface area contributed by atoms with Crippen molar-refractivity contribution in [3.8, 4) is 0 Å². The SMILES string of the molecule is CCCC1(C)CCCN(C(=NC)NCc2scnc2C)C1. The molecule has 1 saturated heterocycles. The maximum absolute atomic E-state index is 4.48. The lowest BCUT2D eigenvalue weighted by Crippen LogP contribution is -2.49. The quantitative estimate of drug-likeness (QED) is 0.684. The fourth-order valence-electron chi connectivity index (χ4n) is 3.29. The number of aliphatic imine (C=N–C) groups is 1. The van der Waals surface area contributed by atoms with Gasteiger partial charge < -0.3 is 10.2 Å². The van der Waals surface area contributed by atoms with Crippen molar-refractivity contribution in [1.82, 2.24) is 15.2 Å². The molecule has 0 aromatic carbocycles. The molecular formula is C16H28N4S. The van der Waals surface area contributed by atoms with Crippen LogP contribution >= 0.6 is 11.3 Å². The van der Waals surface area contributed by atoms with Crippen molar-refractivity contribution in [2.45, 2.75) is 53.0 Å². The molecule has 2 heterocycles. The van der Waals surface area contributed by atoms with Gasteiger partial charge in [-0.2, -0.15) is 0 Å². The van der Waals surface area contributed by atoms with Gasteiger partial charge in [0.25, 0.3) is 0 Å². The van der Waals surface area contributed by atoms with Gasteiger partial charge in [-0.05, 0) is 31.6 Å². The number of aryl methyl sites for hydroxylation is 1. The highest BCUT2D eigenvalue weighted by Crippen LogP contribution is 2.33. The normalized spacial score (nSPS) is 23.4. The van der Waals surface area contributed by atoms with E-state index in [2.05, 4.69) is 41.0 Å². The number of piperidine rings is 1. The number of nitrogens with zero attached hydrogens (tertiary/aromatic N) is 3. The summed E-state index contributed by atoms with van der Waals surface area (Å²) in [6.45, 7) is 9.82. The van der Waals surface area contributed by atoms with Gasteiger partial charge in [0, 0.05) is 25.0 Å². The third-order valence-corrected chi connectivity index (χ3v) is 5.33. The van der Waals surface area contributed by atoms with E-state index < -0.39 is 0 Å². The lowest BCUT2D eigenvalue weighted by molar-refractivity contribution is 0.142. The molecule has 21 heavy (non-hydrogen) atoms. The van der Waals surface area contributed by atoms with Crippen molar-refractivity contribution in [2.75, 3.05) is 20.1 Å². The minimum Gasteiger partial charge on any atom is -0.351 e. The number of nitrogens with one attached hydrogen (secondary N) is 1. The van der Waals surface area contributed by atoms with Crippen LogP contribution in [0, 0.1) is 12.3 Å². The first-order valence-electron chi connectivity index (χ1n) is 7.92. The van der Waals surface area contributed by atoms with E-state index in [1.54, 1.807) is 11.3 Å². The third kappa shape index (κ3) is 4.19. The number of hydrogen-bond donors (Lipinski definition) is 1. The fraction of sp³-hybridized carbons (Fsp3) is 0.750. The zero-order chi connectivity index (χ0) is 15.3. The number of guanidine groups is 1. The Hall–Kier alpha value is -1.10. The van der Waals surface area contributed by atoms with E-state index in [-0.39, 0.29) is 0 Å². The van der Waals surface area contributed by atoms with Crippen LogP contribution in [0.1, 0.15) is 50.1 Å². The zero-order valence-electron chi connectivity index (χ0n) is 13.8. The van der Waals surface area contributed by atoms with Crippen LogP contribution in [0.5, 0.6) is 0 Å². The van der Waals surface area contributed by atoms with Crippen molar-refractivity contribution in [3.05, 3.63) is 16.1 Å². The highest BCUT2D eigenvalue weighted by molar-refractivity contribution is 7.09. The number of thiazole rings is 1. The summed E-state index contributed by atoms with van der Waals surface area (Å²) in [5.41, 5.74) is 3.47. The molecule has 0 bridgehead atoms. The Balaban J connectivity index is 1.96.